The molecule has 0 radical (unpaired) electrons. The Kier molecular flexibility index (Phi) is 4.90. The quantitative estimate of drug-likeness (QED) is 0.805. The SMILES string of the molecule is CCNCc1cn(C(C)C(=O)NC2CCCC2)nn1. The largest absolute Gasteiger partial charge is 0.352 e. The predicted octanol–water partition coefficient (Wildman–Crippen LogP) is 1.01. The molecule has 1 heterocycles. The number of carbonyl (C=O) groups excluding carboxylic acids is 1. The number of rotatable bonds is 6. The first-order valence-corrected chi connectivity index (χ1v) is 7.12. The van der Waals surface area contributed by atoms with E-state index in [9.17, 15) is 4.79 Å². The third-order valence-electron chi connectivity index (χ3n) is 3.59. The Morgan fingerprint density at radius 1 is 1.53 bits per heavy atom. The zero-order valence-electron chi connectivity index (χ0n) is 11.7. The fraction of sp³-hybridized carbons (Fsp3) is 0.769. The highest BCUT2D eigenvalue weighted by Gasteiger charge is 2.22. The molecule has 1 aliphatic rings. The minimum Gasteiger partial charge on any atom is -0.352 e. The Morgan fingerprint density at radius 2 is 2.26 bits per heavy atom. The first kappa shape index (κ1) is 14.0. The molecule has 1 saturated carbocycles. The molecule has 0 aromatic carbocycles. The number of hydrogen-bond acceptors (Lipinski definition) is 4. The van der Waals surface area contributed by atoms with Gasteiger partial charge in [0.15, 0.2) is 0 Å². The van der Waals surface area contributed by atoms with Crippen LogP contribution in [0.25, 0.3) is 0 Å². The molecule has 1 aliphatic carbocycles. The highest BCUT2D eigenvalue weighted by atomic mass is 16.2. The van der Waals surface area contributed by atoms with E-state index in [0.29, 0.717) is 12.6 Å². The van der Waals surface area contributed by atoms with Crippen molar-refractivity contribution in [1.82, 2.24) is 25.6 Å². The summed E-state index contributed by atoms with van der Waals surface area (Å²) in [6.07, 6.45) is 6.47. The summed E-state index contributed by atoms with van der Waals surface area (Å²) >= 11 is 0. The van der Waals surface area contributed by atoms with E-state index < -0.39 is 0 Å². The third-order valence-corrected chi connectivity index (χ3v) is 3.59. The van der Waals surface area contributed by atoms with Crippen LogP contribution in [-0.2, 0) is 11.3 Å². The lowest BCUT2D eigenvalue weighted by atomic mass is 10.2. The van der Waals surface area contributed by atoms with Gasteiger partial charge in [0.2, 0.25) is 5.91 Å². The Morgan fingerprint density at radius 3 is 2.95 bits per heavy atom. The number of carbonyl (C=O) groups is 1. The summed E-state index contributed by atoms with van der Waals surface area (Å²) < 4.78 is 1.64. The second-order valence-electron chi connectivity index (χ2n) is 5.14. The highest BCUT2D eigenvalue weighted by Crippen LogP contribution is 2.18. The molecule has 1 amide bonds. The smallest absolute Gasteiger partial charge is 0.244 e. The zero-order valence-corrected chi connectivity index (χ0v) is 11.7. The van der Waals surface area contributed by atoms with Crippen molar-refractivity contribution < 1.29 is 4.79 Å². The molecule has 0 spiro atoms. The number of hydrogen-bond donors (Lipinski definition) is 2. The van der Waals surface area contributed by atoms with Crippen LogP contribution in [0.15, 0.2) is 6.20 Å². The van der Waals surface area contributed by atoms with Gasteiger partial charge in [-0.1, -0.05) is 25.0 Å². The van der Waals surface area contributed by atoms with Crippen molar-refractivity contribution in [3.8, 4) is 0 Å². The fourth-order valence-electron chi connectivity index (χ4n) is 2.35. The summed E-state index contributed by atoms with van der Waals surface area (Å²) in [5.74, 6) is 0.0341. The van der Waals surface area contributed by atoms with Gasteiger partial charge >= 0.3 is 0 Å². The van der Waals surface area contributed by atoms with E-state index in [1.165, 1.54) is 12.8 Å². The minimum absolute atomic E-state index is 0.0341. The van der Waals surface area contributed by atoms with Crippen molar-refractivity contribution in [1.29, 1.82) is 0 Å². The molecule has 0 bridgehead atoms. The van der Waals surface area contributed by atoms with Crippen molar-refractivity contribution in [2.45, 2.75) is 58.2 Å². The Hall–Kier alpha value is -1.43. The van der Waals surface area contributed by atoms with Crippen LogP contribution in [0.4, 0.5) is 0 Å². The van der Waals surface area contributed by atoms with Gasteiger partial charge in [-0.25, -0.2) is 4.68 Å². The average Bonchev–Trinajstić information content (AvgIpc) is 3.06. The van der Waals surface area contributed by atoms with Crippen LogP contribution in [0.2, 0.25) is 0 Å². The number of aromatic nitrogens is 3. The molecule has 6 heteroatoms. The van der Waals surface area contributed by atoms with Gasteiger partial charge in [0.05, 0.1) is 11.9 Å². The molecule has 2 rings (SSSR count). The summed E-state index contributed by atoms with van der Waals surface area (Å²) in [5.41, 5.74) is 0.863. The summed E-state index contributed by atoms with van der Waals surface area (Å²) in [5, 5.41) is 14.4. The van der Waals surface area contributed by atoms with Crippen LogP contribution in [0.5, 0.6) is 0 Å². The van der Waals surface area contributed by atoms with E-state index in [1.54, 1.807) is 4.68 Å². The van der Waals surface area contributed by atoms with E-state index in [1.807, 2.05) is 20.0 Å². The molecule has 19 heavy (non-hydrogen) atoms. The molecule has 1 fully saturated rings. The van der Waals surface area contributed by atoms with Crippen LogP contribution in [-0.4, -0.2) is 33.5 Å². The molecule has 1 aromatic rings. The molecule has 1 unspecified atom stereocenters. The Bertz CT molecular complexity index is 411. The average molecular weight is 265 g/mol. The van der Waals surface area contributed by atoms with Gasteiger partial charge in [0.25, 0.3) is 0 Å². The molecular formula is C13H23N5O. The van der Waals surface area contributed by atoms with Crippen molar-refractivity contribution in [3.63, 3.8) is 0 Å². The zero-order chi connectivity index (χ0) is 13.7. The van der Waals surface area contributed by atoms with E-state index in [-0.39, 0.29) is 11.9 Å². The topological polar surface area (TPSA) is 71.8 Å². The molecular weight excluding hydrogens is 242 g/mol. The van der Waals surface area contributed by atoms with E-state index in [2.05, 4.69) is 20.9 Å². The first-order chi connectivity index (χ1) is 9.20. The first-order valence-electron chi connectivity index (χ1n) is 7.12. The van der Waals surface area contributed by atoms with E-state index in [4.69, 9.17) is 0 Å². The molecule has 0 saturated heterocycles. The lowest BCUT2D eigenvalue weighted by Crippen LogP contribution is -2.37. The van der Waals surface area contributed by atoms with Crippen molar-refractivity contribution in [3.05, 3.63) is 11.9 Å². The summed E-state index contributed by atoms with van der Waals surface area (Å²) in [6, 6.07) is 0.0446. The molecule has 1 aromatic heterocycles. The summed E-state index contributed by atoms with van der Waals surface area (Å²) in [7, 11) is 0. The number of nitrogens with one attached hydrogen (secondary N) is 2. The monoisotopic (exact) mass is 265 g/mol. The summed E-state index contributed by atoms with van der Waals surface area (Å²) in [4.78, 5) is 12.1. The van der Waals surface area contributed by atoms with Crippen molar-refractivity contribution in [2.75, 3.05) is 6.54 Å². The predicted molar refractivity (Wildman–Crippen MR) is 72.5 cm³/mol. The Labute approximate surface area is 113 Å². The van der Waals surface area contributed by atoms with Crippen LogP contribution < -0.4 is 10.6 Å². The van der Waals surface area contributed by atoms with Crippen LogP contribution in [0, 0.1) is 0 Å². The molecule has 0 aliphatic heterocycles. The van der Waals surface area contributed by atoms with Gasteiger partial charge in [-0.3, -0.25) is 4.79 Å². The maximum Gasteiger partial charge on any atom is 0.244 e. The second kappa shape index (κ2) is 6.65. The third kappa shape index (κ3) is 3.76. The van der Waals surface area contributed by atoms with E-state index >= 15 is 0 Å². The molecule has 6 nitrogen and oxygen atoms in total. The van der Waals surface area contributed by atoms with E-state index in [0.717, 1.165) is 25.1 Å². The molecule has 1 atom stereocenters. The molecule has 2 N–H and O–H groups in total. The lowest BCUT2D eigenvalue weighted by Gasteiger charge is -2.16. The van der Waals surface area contributed by atoms with Gasteiger partial charge in [-0.15, -0.1) is 5.10 Å². The fourth-order valence-corrected chi connectivity index (χ4v) is 2.35. The second-order valence-corrected chi connectivity index (χ2v) is 5.14. The maximum atomic E-state index is 12.1. The Balaban J connectivity index is 1.88. The van der Waals surface area contributed by atoms with Crippen LogP contribution in [0.3, 0.4) is 0 Å². The van der Waals surface area contributed by atoms with Gasteiger partial charge < -0.3 is 10.6 Å². The van der Waals surface area contributed by atoms with Gasteiger partial charge in [-0.2, -0.15) is 0 Å². The normalized spacial score (nSPS) is 17.6. The van der Waals surface area contributed by atoms with Crippen LogP contribution in [0.1, 0.15) is 51.3 Å². The van der Waals surface area contributed by atoms with Crippen molar-refractivity contribution >= 4 is 5.91 Å². The maximum absolute atomic E-state index is 12.1. The highest BCUT2D eigenvalue weighted by molar-refractivity contribution is 5.80. The molecule has 106 valence electrons. The number of amides is 1. The lowest BCUT2D eigenvalue weighted by molar-refractivity contribution is -0.124. The van der Waals surface area contributed by atoms with Gasteiger partial charge in [0, 0.05) is 12.6 Å². The standard InChI is InChI=1S/C13H23N5O/c1-3-14-8-12-9-18(17-16-12)10(2)13(19)15-11-6-4-5-7-11/h9-11,14H,3-8H2,1-2H3,(H,15,19). The van der Waals surface area contributed by atoms with Gasteiger partial charge in [0.1, 0.15) is 6.04 Å². The van der Waals surface area contributed by atoms with Crippen molar-refractivity contribution in [2.24, 2.45) is 0 Å². The minimum atomic E-state index is -0.302. The van der Waals surface area contributed by atoms with Crippen LogP contribution >= 0.6 is 0 Å². The van der Waals surface area contributed by atoms with Gasteiger partial charge in [-0.05, 0) is 26.3 Å². The number of nitrogens with zero attached hydrogens (tertiary/aromatic N) is 3. The summed E-state index contributed by atoms with van der Waals surface area (Å²) in [6.45, 7) is 5.48.